The summed E-state index contributed by atoms with van der Waals surface area (Å²) in [5.41, 5.74) is 1.85. The van der Waals surface area contributed by atoms with Gasteiger partial charge in [-0.15, -0.1) is 0 Å². The van der Waals surface area contributed by atoms with Gasteiger partial charge in [0.1, 0.15) is 5.75 Å². The molecule has 1 aliphatic rings. The third-order valence-electron chi connectivity index (χ3n) is 3.06. The third kappa shape index (κ3) is 3.46. The molecule has 1 aromatic rings. The van der Waals surface area contributed by atoms with Crippen molar-refractivity contribution in [2.24, 2.45) is 0 Å². The quantitative estimate of drug-likeness (QED) is 0.863. The minimum atomic E-state index is -2.84. The highest BCUT2D eigenvalue weighted by atomic mass is 19.3. The van der Waals surface area contributed by atoms with Crippen molar-refractivity contribution in [3.8, 4) is 5.75 Å². The highest BCUT2D eigenvalue weighted by molar-refractivity contribution is 5.76. The van der Waals surface area contributed by atoms with Crippen LogP contribution in [0.5, 0.6) is 5.75 Å². The monoisotopic (exact) mass is 282 g/mol. The Morgan fingerprint density at radius 3 is 2.45 bits per heavy atom. The van der Waals surface area contributed by atoms with Crippen LogP contribution in [0.4, 0.5) is 13.6 Å². The van der Waals surface area contributed by atoms with Gasteiger partial charge in [-0.3, -0.25) is 0 Å². The first kappa shape index (κ1) is 14.3. The Balaban J connectivity index is 1.90. The van der Waals surface area contributed by atoms with Crippen molar-refractivity contribution in [2.45, 2.75) is 19.6 Å². The van der Waals surface area contributed by atoms with E-state index in [2.05, 4.69) is 16.6 Å². The van der Waals surface area contributed by atoms with Crippen molar-refractivity contribution >= 4 is 6.03 Å². The molecule has 6 heteroatoms. The number of alkyl halides is 2. The number of nitrogens with zero attached hydrogens (tertiary/aromatic N) is 1. The largest absolute Gasteiger partial charge is 0.435 e. The van der Waals surface area contributed by atoms with Crippen LogP contribution in [-0.2, 0) is 0 Å². The lowest BCUT2D eigenvalue weighted by Crippen LogP contribution is -2.49. The van der Waals surface area contributed by atoms with Gasteiger partial charge in [-0.25, -0.2) is 4.79 Å². The minimum Gasteiger partial charge on any atom is -0.435 e. The number of carbonyl (C=O) groups excluding carboxylic acids is 1. The molecule has 1 fully saturated rings. The highest BCUT2D eigenvalue weighted by Gasteiger charge is 2.24. The first-order valence-corrected chi connectivity index (χ1v) is 6.22. The van der Waals surface area contributed by atoms with Crippen LogP contribution < -0.4 is 10.1 Å². The summed E-state index contributed by atoms with van der Waals surface area (Å²) in [6, 6.07) is 5.84. The van der Waals surface area contributed by atoms with Crippen molar-refractivity contribution in [3.63, 3.8) is 0 Å². The van der Waals surface area contributed by atoms with Gasteiger partial charge >= 0.3 is 12.6 Å². The lowest BCUT2D eigenvalue weighted by Gasteiger charge is -2.34. The van der Waals surface area contributed by atoms with Gasteiger partial charge in [0.25, 0.3) is 0 Å². The molecule has 2 rings (SSSR count). The number of rotatable bonds is 4. The lowest BCUT2D eigenvalue weighted by atomic mass is 10.1. The molecule has 1 unspecified atom stereocenters. The first-order chi connectivity index (χ1) is 9.45. The Kier molecular flexibility index (Phi) is 4.22. The van der Waals surface area contributed by atoms with Gasteiger partial charge in [-0.2, -0.15) is 8.78 Å². The predicted molar refractivity (Wildman–Crippen MR) is 70.7 cm³/mol. The number of nitrogens with one attached hydrogen (secondary N) is 1. The van der Waals surface area contributed by atoms with Crippen LogP contribution in [0.15, 0.2) is 36.4 Å². The summed E-state index contributed by atoms with van der Waals surface area (Å²) in [7, 11) is 0. The fourth-order valence-electron chi connectivity index (χ4n) is 1.93. The first-order valence-electron chi connectivity index (χ1n) is 6.22. The maximum atomic E-state index is 12.0. The molecule has 0 aromatic heterocycles. The molecule has 0 radical (unpaired) electrons. The minimum absolute atomic E-state index is 0.0984. The highest BCUT2D eigenvalue weighted by Crippen LogP contribution is 2.20. The molecule has 0 saturated carbocycles. The van der Waals surface area contributed by atoms with Crippen LogP contribution >= 0.6 is 0 Å². The van der Waals surface area contributed by atoms with Crippen molar-refractivity contribution < 1.29 is 18.3 Å². The zero-order valence-corrected chi connectivity index (χ0v) is 11.1. The fourth-order valence-corrected chi connectivity index (χ4v) is 1.93. The van der Waals surface area contributed by atoms with E-state index in [0.29, 0.717) is 13.1 Å². The summed E-state index contributed by atoms with van der Waals surface area (Å²) < 4.78 is 28.3. The average molecular weight is 282 g/mol. The molecular formula is C14H16F2N2O2. The average Bonchev–Trinajstić information content (AvgIpc) is 2.35. The SMILES string of the molecule is C=C1CN(C(=O)NC(C)c2ccc(OC(F)F)cc2)C1. The topological polar surface area (TPSA) is 41.6 Å². The summed E-state index contributed by atoms with van der Waals surface area (Å²) in [6.07, 6.45) is 0. The summed E-state index contributed by atoms with van der Waals surface area (Å²) in [4.78, 5) is 13.5. The molecule has 4 nitrogen and oxygen atoms in total. The molecular weight excluding hydrogens is 266 g/mol. The number of urea groups is 1. The number of hydrogen-bond donors (Lipinski definition) is 1. The van der Waals surface area contributed by atoms with Crippen LogP contribution in [0, 0.1) is 0 Å². The van der Waals surface area contributed by atoms with Crippen molar-refractivity contribution in [1.82, 2.24) is 10.2 Å². The van der Waals surface area contributed by atoms with Crippen LogP contribution in [0.3, 0.4) is 0 Å². The molecule has 1 aliphatic heterocycles. The van der Waals surface area contributed by atoms with Gasteiger partial charge in [-0.05, 0) is 30.2 Å². The second-order valence-electron chi connectivity index (χ2n) is 4.72. The maximum absolute atomic E-state index is 12.0. The number of ether oxygens (including phenoxy) is 1. The van der Waals surface area contributed by atoms with Gasteiger partial charge in [0.15, 0.2) is 0 Å². The lowest BCUT2D eigenvalue weighted by molar-refractivity contribution is -0.0498. The van der Waals surface area contributed by atoms with E-state index in [1.54, 1.807) is 17.0 Å². The zero-order valence-electron chi connectivity index (χ0n) is 11.1. The Morgan fingerprint density at radius 2 is 1.95 bits per heavy atom. The smallest absolute Gasteiger partial charge is 0.387 e. The number of hydrogen-bond acceptors (Lipinski definition) is 2. The van der Waals surface area contributed by atoms with E-state index in [0.717, 1.165) is 11.1 Å². The van der Waals surface area contributed by atoms with Crippen LogP contribution in [0.1, 0.15) is 18.5 Å². The van der Waals surface area contributed by atoms with E-state index in [-0.39, 0.29) is 17.8 Å². The van der Waals surface area contributed by atoms with E-state index in [9.17, 15) is 13.6 Å². The molecule has 0 aliphatic carbocycles. The molecule has 1 N–H and O–H groups in total. The zero-order chi connectivity index (χ0) is 14.7. The van der Waals surface area contributed by atoms with Gasteiger partial charge < -0.3 is 15.0 Å². The van der Waals surface area contributed by atoms with E-state index >= 15 is 0 Å². The second kappa shape index (κ2) is 5.90. The summed E-state index contributed by atoms with van der Waals surface area (Å²) in [5, 5.41) is 2.84. The Hall–Kier alpha value is -2.11. The number of carbonyl (C=O) groups is 1. The van der Waals surface area contributed by atoms with Crippen molar-refractivity contribution in [1.29, 1.82) is 0 Å². The van der Waals surface area contributed by atoms with Crippen molar-refractivity contribution in [2.75, 3.05) is 13.1 Å². The van der Waals surface area contributed by atoms with Gasteiger partial charge in [0.2, 0.25) is 0 Å². The molecule has 1 atom stereocenters. The van der Waals surface area contributed by atoms with Crippen LogP contribution in [0.2, 0.25) is 0 Å². The van der Waals surface area contributed by atoms with E-state index in [1.165, 1.54) is 12.1 Å². The maximum Gasteiger partial charge on any atom is 0.387 e. The molecule has 1 aromatic carbocycles. The fraction of sp³-hybridized carbons (Fsp3) is 0.357. The summed E-state index contributed by atoms with van der Waals surface area (Å²) in [5.74, 6) is 0.0984. The van der Waals surface area contributed by atoms with Gasteiger partial charge in [0.05, 0.1) is 6.04 Å². The Morgan fingerprint density at radius 1 is 1.35 bits per heavy atom. The molecule has 0 spiro atoms. The molecule has 20 heavy (non-hydrogen) atoms. The Labute approximate surface area is 116 Å². The third-order valence-corrected chi connectivity index (χ3v) is 3.06. The van der Waals surface area contributed by atoms with Crippen molar-refractivity contribution in [3.05, 3.63) is 42.0 Å². The standard InChI is InChI=1S/C14H16F2N2O2/c1-9-7-18(8-9)14(19)17-10(2)11-3-5-12(6-4-11)20-13(15)16/h3-6,10,13H,1,7-8H2,2H3,(H,17,19). The molecule has 108 valence electrons. The van der Waals surface area contributed by atoms with E-state index in [4.69, 9.17) is 0 Å². The summed E-state index contributed by atoms with van der Waals surface area (Å²) >= 11 is 0. The number of benzene rings is 1. The van der Waals surface area contributed by atoms with Crippen LogP contribution in [0.25, 0.3) is 0 Å². The van der Waals surface area contributed by atoms with Gasteiger partial charge in [-0.1, -0.05) is 18.7 Å². The van der Waals surface area contributed by atoms with Crippen LogP contribution in [-0.4, -0.2) is 30.6 Å². The molecule has 0 bridgehead atoms. The number of halogens is 2. The number of likely N-dealkylation sites (tertiary alicyclic amines) is 1. The molecule has 1 heterocycles. The van der Waals surface area contributed by atoms with E-state index < -0.39 is 6.61 Å². The molecule has 1 saturated heterocycles. The predicted octanol–water partition coefficient (Wildman–Crippen LogP) is 2.93. The van der Waals surface area contributed by atoms with E-state index in [1.807, 2.05) is 6.92 Å². The molecule has 2 amide bonds. The van der Waals surface area contributed by atoms with Gasteiger partial charge in [0, 0.05) is 13.1 Å². The second-order valence-corrected chi connectivity index (χ2v) is 4.72. The normalized spacial score (nSPS) is 15.8. The Bertz CT molecular complexity index is 494. The number of amides is 2. The summed E-state index contributed by atoms with van der Waals surface area (Å²) in [6.45, 7) is 3.93.